The standard InChI is InChI=1S/C9H14O2/c1-5-6-8(4)11-9(10)7(2)3/h6H,2,5H2,1,3-4H3/b8-6+. The minimum atomic E-state index is -0.354. The molecule has 0 atom stereocenters. The lowest BCUT2D eigenvalue weighted by molar-refractivity contribution is -0.134. The molecule has 0 aromatic heterocycles. The van der Waals surface area contributed by atoms with Gasteiger partial charge >= 0.3 is 5.97 Å². The van der Waals surface area contributed by atoms with Gasteiger partial charge in [-0.05, 0) is 26.3 Å². The Morgan fingerprint density at radius 3 is 2.45 bits per heavy atom. The number of carbonyl (C=O) groups is 1. The van der Waals surface area contributed by atoms with Crippen LogP contribution >= 0.6 is 0 Å². The quantitative estimate of drug-likeness (QED) is 0.354. The molecule has 0 unspecified atom stereocenters. The maximum Gasteiger partial charge on any atom is 0.338 e. The summed E-state index contributed by atoms with van der Waals surface area (Å²) in [5, 5.41) is 0. The van der Waals surface area contributed by atoms with Gasteiger partial charge in [-0.2, -0.15) is 0 Å². The monoisotopic (exact) mass is 154 g/mol. The minimum absolute atomic E-state index is 0.354. The van der Waals surface area contributed by atoms with Gasteiger partial charge in [0.25, 0.3) is 0 Å². The van der Waals surface area contributed by atoms with Crippen LogP contribution in [0, 0.1) is 0 Å². The van der Waals surface area contributed by atoms with Crippen molar-refractivity contribution in [2.75, 3.05) is 0 Å². The van der Waals surface area contributed by atoms with Gasteiger partial charge in [0.2, 0.25) is 0 Å². The Morgan fingerprint density at radius 2 is 2.09 bits per heavy atom. The van der Waals surface area contributed by atoms with Crippen molar-refractivity contribution in [2.24, 2.45) is 0 Å². The van der Waals surface area contributed by atoms with E-state index in [0.717, 1.165) is 6.42 Å². The van der Waals surface area contributed by atoms with Gasteiger partial charge in [0.15, 0.2) is 0 Å². The van der Waals surface area contributed by atoms with E-state index in [1.54, 1.807) is 13.8 Å². The first kappa shape index (κ1) is 9.95. The van der Waals surface area contributed by atoms with E-state index in [4.69, 9.17) is 4.74 Å². The third kappa shape index (κ3) is 4.37. The lowest BCUT2D eigenvalue weighted by Crippen LogP contribution is -2.02. The first-order valence-corrected chi connectivity index (χ1v) is 3.62. The molecule has 0 saturated heterocycles. The molecule has 0 radical (unpaired) electrons. The van der Waals surface area contributed by atoms with Gasteiger partial charge in [0, 0.05) is 5.57 Å². The number of esters is 1. The average Bonchev–Trinajstić information content (AvgIpc) is 1.87. The molecule has 0 fully saturated rings. The largest absolute Gasteiger partial charge is 0.428 e. The van der Waals surface area contributed by atoms with E-state index in [9.17, 15) is 4.79 Å². The molecule has 0 amide bonds. The van der Waals surface area contributed by atoms with Crippen LogP contribution in [0.4, 0.5) is 0 Å². The van der Waals surface area contributed by atoms with Gasteiger partial charge in [0.05, 0.1) is 0 Å². The Labute approximate surface area is 67.6 Å². The van der Waals surface area contributed by atoms with E-state index in [1.807, 2.05) is 13.0 Å². The molecule has 0 rings (SSSR count). The van der Waals surface area contributed by atoms with Crippen molar-refractivity contribution >= 4 is 5.97 Å². The predicted octanol–water partition coefficient (Wildman–Crippen LogP) is 2.42. The lowest BCUT2D eigenvalue weighted by atomic mass is 10.3. The van der Waals surface area contributed by atoms with Crippen LogP contribution in [0.2, 0.25) is 0 Å². The van der Waals surface area contributed by atoms with Crippen LogP contribution in [0.5, 0.6) is 0 Å². The fraction of sp³-hybridized carbons (Fsp3) is 0.444. The SMILES string of the molecule is C=C(C)C(=O)O/C(C)=C/CC. The summed E-state index contributed by atoms with van der Waals surface area (Å²) in [6.07, 6.45) is 2.72. The fourth-order valence-corrected chi connectivity index (χ4v) is 0.562. The third-order valence-electron chi connectivity index (χ3n) is 1.09. The maximum absolute atomic E-state index is 10.9. The molecule has 0 heterocycles. The van der Waals surface area contributed by atoms with Gasteiger partial charge < -0.3 is 4.74 Å². The molecule has 0 aliphatic rings. The van der Waals surface area contributed by atoms with Crippen LogP contribution in [-0.2, 0) is 9.53 Å². The Hall–Kier alpha value is -1.05. The van der Waals surface area contributed by atoms with Crippen LogP contribution < -0.4 is 0 Å². The van der Waals surface area contributed by atoms with Crippen molar-refractivity contribution in [3.63, 3.8) is 0 Å². The second-order valence-electron chi connectivity index (χ2n) is 2.39. The van der Waals surface area contributed by atoms with E-state index in [-0.39, 0.29) is 5.97 Å². The number of hydrogen-bond acceptors (Lipinski definition) is 2. The van der Waals surface area contributed by atoms with E-state index in [0.29, 0.717) is 11.3 Å². The Bertz CT molecular complexity index is 190. The van der Waals surface area contributed by atoms with Crippen molar-refractivity contribution in [3.8, 4) is 0 Å². The van der Waals surface area contributed by atoms with E-state index < -0.39 is 0 Å². The molecular weight excluding hydrogens is 140 g/mol. The molecule has 11 heavy (non-hydrogen) atoms. The molecule has 0 aliphatic heterocycles. The van der Waals surface area contributed by atoms with Gasteiger partial charge in [-0.25, -0.2) is 4.79 Å². The zero-order valence-electron chi connectivity index (χ0n) is 7.31. The summed E-state index contributed by atoms with van der Waals surface area (Å²) in [6.45, 7) is 8.83. The molecule has 0 saturated carbocycles. The first-order valence-electron chi connectivity index (χ1n) is 3.62. The van der Waals surface area contributed by atoms with Crippen LogP contribution in [0.3, 0.4) is 0 Å². The van der Waals surface area contributed by atoms with Gasteiger partial charge in [-0.15, -0.1) is 0 Å². The number of ether oxygens (including phenoxy) is 1. The Kier molecular flexibility index (Phi) is 4.27. The number of rotatable bonds is 3. The molecule has 0 aromatic carbocycles. The summed E-state index contributed by atoms with van der Waals surface area (Å²) in [6, 6.07) is 0. The fourth-order valence-electron chi connectivity index (χ4n) is 0.562. The van der Waals surface area contributed by atoms with Crippen molar-refractivity contribution in [1.82, 2.24) is 0 Å². The topological polar surface area (TPSA) is 26.3 Å². The normalized spacial score (nSPS) is 11.0. The number of allylic oxidation sites excluding steroid dienone is 2. The van der Waals surface area contributed by atoms with E-state index >= 15 is 0 Å². The number of hydrogen-bond donors (Lipinski definition) is 0. The zero-order chi connectivity index (χ0) is 8.85. The van der Waals surface area contributed by atoms with Gasteiger partial charge in [0.1, 0.15) is 5.76 Å². The molecule has 0 aromatic rings. The highest BCUT2D eigenvalue weighted by atomic mass is 16.5. The summed E-state index contributed by atoms with van der Waals surface area (Å²) >= 11 is 0. The van der Waals surface area contributed by atoms with E-state index in [1.165, 1.54) is 0 Å². The van der Waals surface area contributed by atoms with Crippen molar-refractivity contribution in [2.45, 2.75) is 27.2 Å². The van der Waals surface area contributed by atoms with E-state index in [2.05, 4.69) is 6.58 Å². The minimum Gasteiger partial charge on any atom is -0.428 e. The summed E-state index contributed by atoms with van der Waals surface area (Å²) in [5.74, 6) is 0.285. The smallest absolute Gasteiger partial charge is 0.338 e. The van der Waals surface area contributed by atoms with Crippen LogP contribution in [-0.4, -0.2) is 5.97 Å². The van der Waals surface area contributed by atoms with Crippen molar-refractivity contribution in [1.29, 1.82) is 0 Å². The maximum atomic E-state index is 10.9. The molecule has 0 bridgehead atoms. The molecule has 0 spiro atoms. The zero-order valence-corrected chi connectivity index (χ0v) is 7.31. The summed E-state index contributed by atoms with van der Waals surface area (Å²) in [7, 11) is 0. The molecule has 0 N–H and O–H groups in total. The van der Waals surface area contributed by atoms with Crippen molar-refractivity contribution in [3.05, 3.63) is 24.0 Å². The predicted molar refractivity (Wildman–Crippen MR) is 45.0 cm³/mol. The van der Waals surface area contributed by atoms with Crippen molar-refractivity contribution < 1.29 is 9.53 Å². The van der Waals surface area contributed by atoms with Gasteiger partial charge in [-0.3, -0.25) is 0 Å². The van der Waals surface area contributed by atoms with Gasteiger partial charge in [-0.1, -0.05) is 13.5 Å². The summed E-state index contributed by atoms with van der Waals surface area (Å²) in [4.78, 5) is 10.9. The third-order valence-corrected chi connectivity index (χ3v) is 1.09. The molecule has 62 valence electrons. The summed E-state index contributed by atoms with van der Waals surface area (Å²) in [5.41, 5.74) is 0.425. The highest BCUT2D eigenvalue weighted by Crippen LogP contribution is 2.01. The molecule has 2 heteroatoms. The van der Waals surface area contributed by atoms with Crippen LogP contribution in [0.15, 0.2) is 24.0 Å². The molecule has 0 aliphatic carbocycles. The van der Waals surface area contributed by atoms with Crippen LogP contribution in [0.1, 0.15) is 27.2 Å². The number of carbonyl (C=O) groups excluding carboxylic acids is 1. The highest BCUT2D eigenvalue weighted by Gasteiger charge is 2.02. The second-order valence-corrected chi connectivity index (χ2v) is 2.39. The average molecular weight is 154 g/mol. The Balaban J connectivity index is 3.95. The molecule has 2 nitrogen and oxygen atoms in total. The van der Waals surface area contributed by atoms with Crippen LogP contribution in [0.25, 0.3) is 0 Å². The second kappa shape index (κ2) is 4.72. The first-order chi connectivity index (χ1) is 5.07. The Morgan fingerprint density at radius 1 is 1.55 bits per heavy atom. The lowest BCUT2D eigenvalue weighted by Gasteiger charge is -2.01. The highest BCUT2D eigenvalue weighted by molar-refractivity contribution is 5.87. The molecular formula is C9H14O2. The summed E-state index contributed by atoms with van der Waals surface area (Å²) < 4.78 is 4.87.